The van der Waals surface area contributed by atoms with E-state index in [2.05, 4.69) is 25.7 Å². The number of hydrogen-bond acceptors (Lipinski definition) is 7. The normalized spacial score (nSPS) is 14.2. The highest BCUT2D eigenvalue weighted by atomic mass is 32.1. The zero-order valence-corrected chi connectivity index (χ0v) is 18.4. The molecular weight excluding hydrogens is 428 g/mol. The molecule has 9 nitrogen and oxygen atoms in total. The van der Waals surface area contributed by atoms with Crippen molar-refractivity contribution >= 4 is 34.7 Å². The summed E-state index contributed by atoms with van der Waals surface area (Å²) < 4.78 is 5.36. The molecule has 1 aliphatic rings. The second-order valence-corrected chi connectivity index (χ2v) is 8.41. The zero-order valence-electron chi connectivity index (χ0n) is 17.6. The van der Waals surface area contributed by atoms with Crippen molar-refractivity contribution in [1.29, 1.82) is 0 Å². The van der Waals surface area contributed by atoms with Crippen LogP contribution in [0.3, 0.4) is 0 Å². The Morgan fingerprint density at radius 1 is 1.16 bits per heavy atom. The number of morpholine rings is 1. The Morgan fingerprint density at radius 2 is 1.94 bits per heavy atom. The molecule has 1 saturated heterocycles. The molecule has 168 valence electrons. The molecule has 4 rings (SSSR count). The zero-order chi connectivity index (χ0) is 22.3. The van der Waals surface area contributed by atoms with Gasteiger partial charge in [-0.25, -0.2) is 0 Å². The van der Waals surface area contributed by atoms with Crippen LogP contribution in [0.25, 0.3) is 10.6 Å². The molecule has 1 fully saturated rings. The molecule has 1 aromatic carbocycles. The lowest BCUT2D eigenvalue weighted by atomic mass is 10.2. The summed E-state index contributed by atoms with van der Waals surface area (Å²) in [6.45, 7) is 5.57. The quantitative estimate of drug-likeness (QED) is 0.368. The fraction of sp³-hybridized carbons (Fsp3) is 0.318. The maximum absolute atomic E-state index is 12.5. The summed E-state index contributed by atoms with van der Waals surface area (Å²) in [6.07, 6.45) is 1.05. The largest absolute Gasteiger partial charge is 0.385 e. The Hall–Kier alpha value is -3.21. The third kappa shape index (κ3) is 5.72. The standard InChI is InChI=1S/C22H26N6O3S/c23-21(29)16-12-19(32-14-16)18-13-20(27-26-18)25-22(30)15-2-4-17(5-3-15)24-6-1-7-28-8-10-31-11-9-28/h2-5,12-14,24H,1,6-11H2,(H2,23,29)(H2,25,26,27,30). The fourth-order valence-corrected chi connectivity index (χ4v) is 4.27. The second kappa shape index (κ2) is 10.4. The van der Waals surface area contributed by atoms with Gasteiger partial charge in [-0.2, -0.15) is 5.10 Å². The minimum absolute atomic E-state index is 0.245. The summed E-state index contributed by atoms with van der Waals surface area (Å²) in [7, 11) is 0. The van der Waals surface area contributed by atoms with Crippen LogP contribution in [0, 0.1) is 0 Å². The average Bonchev–Trinajstić information content (AvgIpc) is 3.48. The molecule has 0 bridgehead atoms. The van der Waals surface area contributed by atoms with Crippen LogP contribution in [0.1, 0.15) is 27.1 Å². The van der Waals surface area contributed by atoms with Crippen LogP contribution < -0.4 is 16.4 Å². The van der Waals surface area contributed by atoms with E-state index in [-0.39, 0.29) is 5.91 Å². The number of rotatable bonds is 9. The predicted octanol–water partition coefficient (Wildman–Crippen LogP) is 2.62. The molecule has 0 saturated carbocycles. The van der Waals surface area contributed by atoms with Crippen molar-refractivity contribution in [3.8, 4) is 10.6 Å². The van der Waals surface area contributed by atoms with Gasteiger partial charge < -0.3 is 21.1 Å². The predicted molar refractivity (Wildman–Crippen MR) is 125 cm³/mol. The lowest BCUT2D eigenvalue weighted by Crippen LogP contribution is -2.37. The van der Waals surface area contributed by atoms with Crippen LogP contribution >= 0.6 is 11.3 Å². The Balaban J connectivity index is 1.25. The topological polar surface area (TPSA) is 125 Å². The fourth-order valence-electron chi connectivity index (χ4n) is 3.41. The first-order valence-corrected chi connectivity index (χ1v) is 11.4. The van der Waals surface area contributed by atoms with E-state index in [1.54, 1.807) is 29.6 Å². The van der Waals surface area contributed by atoms with Gasteiger partial charge in [0.2, 0.25) is 5.91 Å². The van der Waals surface area contributed by atoms with E-state index in [0.29, 0.717) is 22.6 Å². The number of aromatic amines is 1. The molecule has 5 N–H and O–H groups in total. The van der Waals surface area contributed by atoms with E-state index < -0.39 is 5.91 Å². The first kappa shape index (κ1) is 22.0. The van der Waals surface area contributed by atoms with Crippen molar-refractivity contribution in [2.24, 2.45) is 5.73 Å². The van der Waals surface area contributed by atoms with Gasteiger partial charge in [0, 0.05) is 42.3 Å². The van der Waals surface area contributed by atoms with Gasteiger partial charge in [0.1, 0.15) is 0 Å². The molecule has 0 unspecified atom stereocenters. The third-order valence-electron chi connectivity index (χ3n) is 5.20. The number of carbonyl (C=O) groups excluding carboxylic acids is 2. The molecule has 10 heteroatoms. The number of nitrogens with one attached hydrogen (secondary N) is 3. The molecule has 0 spiro atoms. The summed E-state index contributed by atoms with van der Waals surface area (Å²) in [5.41, 5.74) is 7.96. The molecule has 0 aliphatic carbocycles. The van der Waals surface area contributed by atoms with Gasteiger partial charge in [-0.3, -0.25) is 19.6 Å². The molecule has 2 amide bonds. The van der Waals surface area contributed by atoms with E-state index >= 15 is 0 Å². The number of ether oxygens (including phenoxy) is 1. The highest BCUT2D eigenvalue weighted by Gasteiger charge is 2.12. The number of aromatic nitrogens is 2. The van der Waals surface area contributed by atoms with Gasteiger partial charge >= 0.3 is 0 Å². The Morgan fingerprint density at radius 3 is 2.66 bits per heavy atom. The van der Waals surface area contributed by atoms with Gasteiger partial charge in [0.15, 0.2) is 5.82 Å². The molecule has 0 atom stereocenters. The first-order valence-electron chi connectivity index (χ1n) is 10.5. The number of hydrogen-bond donors (Lipinski definition) is 4. The van der Waals surface area contributed by atoms with Gasteiger partial charge in [-0.1, -0.05) is 0 Å². The van der Waals surface area contributed by atoms with Crippen molar-refractivity contribution in [3.05, 3.63) is 52.9 Å². The third-order valence-corrected chi connectivity index (χ3v) is 6.16. The molecule has 3 aromatic rings. The summed E-state index contributed by atoms with van der Waals surface area (Å²) in [4.78, 5) is 27.0. The lowest BCUT2D eigenvalue weighted by Gasteiger charge is -2.26. The number of nitrogens with zero attached hydrogens (tertiary/aromatic N) is 2. The monoisotopic (exact) mass is 454 g/mol. The van der Waals surface area contributed by atoms with Gasteiger partial charge in [0.05, 0.1) is 29.3 Å². The summed E-state index contributed by atoms with van der Waals surface area (Å²) >= 11 is 1.38. The molecule has 2 aromatic heterocycles. The van der Waals surface area contributed by atoms with Crippen LogP contribution in [0.4, 0.5) is 11.5 Å². The minimum atomic E-state index is -0.476. The van der Waals surface area contributed by atoms with Gasteiger partial charge in [0.25, 0.3) is 5.91 Å². The van der Waals surface area contributed by atoms with Crippen molar-refractivity contribution in [1.82, 2.24) is 15.1 Å². The molecule has 3 heterocycles. The van der Waals surface area contributed by atoms with E-state index in [0.717, 1.165) is 56.4 Å². The number of anilines is 2. The Labute approximate surface area is 189 Å². The number of H-pyrrole nitrogens is 1. The van der Waals surface area contributed by atoms with Crippen LogP contribution in [0.5, 0.6) is 0 Å². The summed E-state index contributed by atoms with van der Waals surface area (Å²) in [5, 5.41) is 14.9. The molecule has 1 aliphatic heterocycles. The highest BCUT2D eigenvalue weighted by molar-refractivity contribution is 7.13. The van der Waals surface area contributed by atoms with Gasteiger partial charge in [-0.15, -0.1) is 11.3 Å². The number of nitrogens with two attached hydrogens (primary N) is 1. The number of primary amides is 1. The van der Waals surface area contributed by atoms with Crippen LogP contribution in [-0.4, -0.2) is 66.3 Å². The van der Waals surface area contributed by atoms with Crippen LogP contribution in [0.2, 0.25) is 0 Å². The SMILES string of the molecule is NC(=O)c1csc(-c2cc(NC(=O)c3ccc(NCCCN4CCOCC4)cc3)n[nH]2)c1. The number of carbonyl (C=O) groups is 2. The van der Waals surface area contributed by atoms with Crippen molar-refractivity contribution < 1.29 is 14.3 Å². The lowest BCUT2D eigenvalue weighted by molar-refractivity contribution is 0.0378. The van der Waals surface area contributed by atoms with E-state index in [9.17, 15) is 9.59 Å². The smallest absolute Gasteiger partial charge is 0.256 e. The average molecular weight is 455 g/mol. The molecule has 32 heavy (non-hydrogen) atoms. The highest BCUT2D eigenvalue weighted by Crippen LogP contribution is 2.27. The maximum Gasteiger partial charge on any atom is 0.256 e. The maximum atomic E-state index is 12.5. The Kier molecular flexibility index (Phi) is 7.15. The Bertz CT molecular complexity index is 1060. The van der Waals surface area contributed by atoms with Crippen molar-refractivity contribution in [2.45, 2.75) is 6.42 Å². The minimum Gasteiger partial charge on any atom is -0.385 e. The molecular formula is C22H26N6O3S. The summed E-state index contributed by atoms with van der Waals surface area (Å²) in [6, 6.07) is 10.8. The summed E-state index contributed by atoms with van der Waals surface area (Å²) in [5.74, 6) is -0.314. The van der Waals surface area contributed by atoms with Gasteiger partial charge in [-0.05, 0) is 43.3 Å². The van der Waals surface area contributed by atoms with E-state index in [1.807, 2.05) is 12.1 Å². The number of thiophene rings is 1. The first-order chi connectivity index (χ1) is 15.6. The van der Waals surface area contributed by atoms with Crippen molar-refractivity contribution in [2.75, 3.05) is 50.0 Å². The number of amides is 2. The number of benzene rings is 1. The van der Waals surface area contributed by atoms with Crippen LogP contribution in [0.15, 0.2) is 41.8 Å². The van der Waals surface area contributed by atoms with Crippen LogP contribution in [-0.2, 0) is 4.74 Å². The van der Waals surface area contributed by atoms with Crippen molar-refractivity contribution in [3.63, 3.8) is 0 Å². The van der Waals surface area contributed by atoms with E-state index in [4.69, 9.17) is 10.5 Å². The van der Waals surface area contributed by atoms with E-state index in [1.165, 1.54) is 11.3 Å². The second-order valence-electron chi connectivity index (χ2n) is 7.50. The molecule has 0 radical (unpaired) electrons.